The highest BCUT2D eigenvalue weighted by molar-refractivity contribution is 4.89. The van der Waals surface area contributed by atoms with Gasteiger partial charge in [-0.1, -0.05) is 0 Å². The summed E-state index contributed by atoms with van der Waals surface area (Å²) >= 11 is 0. The van der Waals surface area contributed by atoms with Gasteiger partial charge in [0.2, 0.25) is 0 Å². The lowest BCUT2D eigenvalue weighted by atomic mass is 9.91. The molecule has 0 aromatic rings. The van der Waals surface area contributed by atoms with Crippen LogP contribution in [0.15, 0.2) is 0 Å². The van der Waals surface area contributed by atoms with E-state index in [1.54, 1.807) is 0 Å². The third-order valence-electron chi connectivity index (χ3n) is 4.64. The summed E-state index contributed by atoms with van der Waals surface area (Å²) in [6.45, 7) is 13.3. The first-order chi connectivity index (χ1) is 7.97. The van der Waals surface area contributed by atoms with Crippen LogP contribution in [-0.2, 0) is 0 Å². The second-order valence-electron chi connectivity index (χ2n) is 6.71. The Morgan fingerprint density at radius 1 is 1.29 bits per heavy atom. The Morgan fingerprint density at radius 2 is 2.06 bits per heavy atom. The van der Waals surface area contributed by atoms with Crippen molar-refractivity contribution in [2.75, 3.05) is 39.8 Å². The Bertz CT molecular complexity index is 252. The Balaban J connectivity index is 1.83. The summed E-state index contributed by atoms with van der Waals surface area (Å²) in [6, 6.07) is 0.717. The van der Waals surface area contributed by atoms with Gasteiger partial charge in [0.05, 0.1) is 0 Å². The molecule has 17 heavy (non-hydrogen) atoms. The predicted molar refractivity (Wildman–Crippen MR) is 73.3 cm³/mol. The summed E-state index contributed by atoms with van der Waals surface area (Å²) in [5.41, 5.74) is 0.344. The second-order valence-corrected chi connectivity index (χ2v) is 6.71. The molecule has 0 bridgehead atoms. The zero-order valence-corrected chi connectivity index (χ0v) is 12.0. The molecule has 2 aliphatic heterocycles. The molecule has 2 saturated heterocycles. The van der Waals surface area contributed by atoms with Crippen LogP contribution >= 0.6 is 0 Å². The van der Waals surface area contributed by atoms with Gasteiger partial charge in [0.1, 0.15) is 0 Å². The third kappa shape index (κ3) is 3.43. The van der Waals surface area contributed by atoms with Gasteiger partial charge in [0, 0.05) is 37.8 Å². The van der Waals surface area contributed by atoms with Crippen LogP contribution in [0.25, 0.3) is 0 Å². The SMILES string of the molecule is CC1CC(CN2CCN(C)C(C)(C)C2)CCN1. The Hall–Kier alpha value is -0.120. The molecular formula is C14H29N3. The lowest BCUT2D eigenvalue weighted by molar-refractivity contribution is 0.0283. The van der Waals surface area contributed by atoms with Crippen LogP contribution in [0.2, 0.25) is 0 Å². The van der Waals surface area contributed by atoms with Crippen molar-refractivity contribution in [2.24, 2.45) is 5.92 Å². The molecule has 0 spiro atoms. The summed E-state index contributed by atoms with van der Waals surface area (Å²) in [5, 5.41) is 3.55. The van der Waals surface area contributed by atoms with Crippen LogP contribution in [-0.4, -0.2) is 61.2 Å². The van der Waals surface area contributed by atoms with Crippen molar-refractivity contribution in [3.05, 3.63) is 0 Å². The van der Waals surface area contributed by atoms with E-state index in [0.717, 1.165) is 5.92 Å². The maximum atomic E-state index is 3.55. The van der Waals surface area contributed by atoms with Gasteiger partial charge < -0.3 is 5.32 Å². The summed E-state index contributed by atoms with van der Waals surface area (Å²) in [6.07, 6.45) is 2.71. The molecule has 0 saturated carbocycles. The fraction of sp³-hybridized carbons (Fsp3) is 1.00. The molecular weight excluding hydrogens is 210 g/mol. The standard InChI is InChI=1S/C14H29N3/c1-12-9-13(5-6-15-12)10-17-8-7-16(4)14(2,3)11-17/h12-13,15H,5-11H2,1-4H3. The van der Waals surface area contributed by atoms with Crippen molar-refractivity contribution < 1.29 is 0 Å². The van der Waals surface area contributed by atoms with Crippen LogP contribution in [0.4, 0.5) is 0 Å². The lowest BCUT2D eigenvalue weighted by Gasteiger charge is -2.46. The number of hydrogen-bond donors (Lipinski definition) is 1. The minimum atomic E-state index is 0.344. The second kappa shape index (κ2) is 5.25. The Labute approximate surface area is 107 Å². The van der Waals surface area contributed by atoms with Gasteiger partial charge in [-0.2, -0.15) is 0 Å². The molecule has 0 radical (unpaired) electrons. The fourth-order valence-corrected chi connectivity index (χ4v) is 3.26. The first-order valence-corrected chi connectivity index (χ1v) is 7.14. The van der Waals surface area contributed by atoms with Gasteiger partial charge >= 0.3 is 0 Å². The minimum absolute atomic E-state index is 0.344. The van der Waals surface area contributed by atoms with Gasteiger partial charge in [-0.25, -0.2) is 0 Å². The third-order valence-corrected chi connectivity index (χ3v) is 4.64. The number of nitrogens with one attached hydrogen (secondary N) is 1. The monoisotopic (exact) mass is 239 g/mol. The number of piperazine rings is 1. The lowest BCUT2D eigenvalue weighted by Crippen LogP contribution is -2.58. The number of piperidine rings is 1. The van der Waals surface area contributed by atoms with E-state index in [9.17, 15) is 0 Å². The number of nitrogens with zero attached hydrogens (tertiary/aromatic N) is 2. The quantitative estimate of drug-likeness (QED) is 0.786. The summed E-state index contributed by atoms with van der Waals surface area (Å²) < 4.78 is 0. The molecule has 0 amide bonds. The van der Waals surface area contributed by atoms with Crippen molar-refractivity contribution in [1.29, 1.82) is 0 Å². The molecule has 2 unspecified atom stereocenters. The van der Waals surface area contributed by atoms with E-state index in [0.29, 0.717) is 11.6 Å². The van der Waals surface area contributed by atoms with Gasteiger partial charge in [-0.05, 0) is 53.1 Å². The number of rotatable bonds is 2. The zero-order chi connectivity index (χ0) is 12.5. The first kappa shape index (κ1) is 13.3. The summed E-state index contributed by atoms with van der Waals surface area (Å²) in [4.78, 5) is 5.18. The summed E-state index contributed by atoms with van der Waals surface area (Å²) in [7, 11) is 2.25. The highest BCUT2D eigenvalue weighted by Gasteiger charge is 2.32. The molecule has 100 valence electrons. The molecule has 2 heterocycles. The van der Waals surface area contributed by atoms with Crippen molar-refractivity contribution in [2.45, 2.75) is 45.2 Å². The van der Waals surface area contributed by atoms with E-state index in [-0.39, 0.29) is 0 Å². The van der Waals surface area contributed by atoms with Crippen molar-refractivity contribution >= 4 is 0 Å². The molecule has 3 heteroatoms. The Kier molecular flexibility index (Phi) is 4.11. The zero-order valence-electron chi connectivity index (χ0n) is 12.0. The molecule has 1 N–H and O–H groups in total. The molecule has 0 aromatic carbocycles. The van der Waals surface area contributed by atoms with E-state index in [1.165, 1.54) is 45.6 Å². The van der Waals surface area contributed by atoms with Gasteiger partial charge in [0.25, 0.3) is 0 Å². The normalized spacial score (nSPS) is 36.0. The molecule has 0 aliphatic carbocycles. The number of hydrogen-bond acceptors (Lipinski definition) is 3. The summed E-state index contributed by atoms with van der Waals surface area (Å²) in [5.74, 6) is 0.908. The molecule has 0 aromatic heterocycles. The first-order valence-electron chi connectivity index (χ1n) is 7.14. The van der Waals surface area contributed by atoms with Gasteiger partial charge in [0.15, 0.2) is 0 Å². The van der Waals surface area contributed by atoms with Crippen LogP contribution < -0.4 is 5.32 Å². The van der Waals surface area contributed by atoms with E-state index in [4.69, 9.17) is 0 Å². The largest absolute Gasteiger partial charge is 0.314 e. The molecule has 2 fully saturated rings. The smallest absolute Gasteiger partial charge is 0.0277 e. The average Bonchev–Trinajstić information content (AvgIpc) is 2.23. The van der Waals surface area contributed by atoms with Crippen molar-refractivity contribution in [3.8, 4) is 0 Å². The van der Waals surface area contributed by atoms with Gasteiger partial charge in [-0.15, -0.1) is 0 Å². The highest BCUT2D eigenvalue weighted by atomic mass is 15.3. The van der Waals surface area contributed by atoms with Crippen LogP contribution in [0.3, 0.4) is 0 Å². The van der Waals surface area contributed by atoms with Crippen molar-refractivity contribution in [3.63, 3.8) is 0 Å². The van der Waals surface area contributed by atoms with E-state index >= 15 is 0 Å². The van der Waals surface area contributed by atoms with Crippen LogP contribution in [0, 0.1) is 5.92 Å². The molecule has 2 atom stereocenters. The van der Waals surface area contributed by atoms with Crippen molar-refractivity contribution in [1.82, 2.24) is 15.1 Å². The van der Waals surface area contributed by atoms with Crippen LogP contribution in [0.1, 0.15) is 33.6 Å². The predicted octanol–water partition coefficient (Wildman–Crippen LogP) is 1.40. The Morgan fingerprint density at radius 3 is 2.71 bits per heavy atom. The van der Waals surface area contributed by atoms with E-state index < -0.39 is 0 Å². The molecule has 2 aliphatic rings. The van der Waals surface area contributed by atoms with E-state index in [1.807, 2.05) is 0 Å². The average molecular weight is 239 g/mol. The highest BCUT2D eigenvalue weighted by Crippen LogP contribution is 2.23. The number of likely N-dealkylation sites (N-methyl/N-ethyl adjacent to an activating group) is 1. The van der Waals surface area contributed by atoms with Gasteiger partial charge in [-0.3, -0.25) is 9.80 Å². The maximum absolute atomic E-state index is 3.55. The molecule has 2 rings (SSSR count). The van der Waals surface area contributed by atoms with Crippen LogP contribution in [0.5, 0.6) is 0 Å². The molecule has 3 nitrogen and oxygen atoms in total. The van der Waals surface area contributed by atoms with E-state index in [2.05, 4.69) is 42.9 Å². The minimum Gasteiger partial charge on any atom is -0.314 e. The fourth-order valence-electron chi connectivity index (χ4n) is 3.26. The topological polar surface area (TPSA) is 18.5 Å². The maximum Gasteiger partial charge on any atom is 0.0277 e.